The maximum absolute atomic E-state index is 12.3. The van der Waals surface area contributed by atoms with Gasteiger partial charge in [0.2, 0.25) is 0 Å². The van der Waals surface area contributed by atoms with Gasteiger partial charge in [-0.3, -0.25) is 4.79 Å². The summed E-state index contributed by atoms with van der Waals surface area (Å²) in [5.74, 6) is 0.432. The molecule has 0 bridgehead atoms. The van der Waals surface area contributed by atoms with E-state index in [-0.39, 0.29) is 5.56 Å². The molecule has 1 aromatic heterocycles. The van der Waals surface area contributed by atoms with Crippen molar-refractivity contribution >= 4 is 10.8 Å². The van der Waals surface area contributed by atoms with Gasteiger partial charge in [-0.2, -0.15) is 0 Å². The molecule has 0 aliphatic heterocycles. The Morgan fingerprint density at radius 2 is 1.89 bits per heavy atom. The van der Waals surface area contributed by atoms with Gasteiger partial charge in [-0.1, -0.05) is 39.0 Å². The van der Waals surface area contributed by atoms with Crippen molar-refractivity contribution in [3.63, 3.8) is 0 Å². The molecule has 0 spiro atoms. The van der Waals surface area contributed by atoms with E-state index in [1.165, 1.54) is 0 Å². The molecule has 1 N–H and O–H groups in total. The Morgan fingerprint density at radius 1 is 1.16 bits per heavy atom. The number of hydrogen-bond donors (Lipinski definition) is 1. The molecular formula is C16H22N2O. The van der Waals surface area contributed by atoms with Gasteiger partial charge >= 0.3 is 0 Å². The molecule has 0 aliphatic carbocycles. The van der Waals surface area contributed by atoms with Crippen LogP contribution in [0.1, 0.15) is 20.8 Å². The third kappa shape index (κ3) is 3.44. The molecule has 2 rings (SSSR count). The van der Waals surface area contributed by atoms with E-state index in [0.29, 0.717) is 12.0 Å². The maximum atomic E-state index is 12.3. The van der Waals surface area contributed by atoms with Gasteiger partial charge in [-0.05, 0) is 30.0 Å². The lowest BCUT2D eigenvalue weighted by Crippen LogP contribution is -2.32. The van der Waals surface area contributed by atoms with Crippen LogP contribution >= 0.6 is 0 Å². The average Bonchev–Trinajstić information content (AvgIpc) is 2.40. The van der Waals surface area contributed by atoms with Crippen LogP contribution in [0.25, 0.3) is 10.8 Å². The van der Waals surface area contributed by atoms with Gasteiger partial charge in [0.25, 0.3) is 5.56 Å². The highest BCUT2D eigenvalue weighted by Gasteiger charge is 2.07. The van der Waals surface area contributed by atoms with E-state index in [2.05, 4.69) is 26.1 Å². The van der Waals surface area contributed by atoms with Crippen LogP contribution in [0, 0.1) is 5.92 Å². The van der Waals surface area contributed by atoms with Crippen LogP contribution in [-0.2, 0) is 6.54 Å². The molecule has 1 unspecified atom stereocenters. The van der Waals surface area contributed by atoms with Crippen LogP contribution in [0.4, 0.5) is 0 Å². The lowest BCUT2D eigenvalue weighted by Gasteiger charge is -2.16. The monoisotopic (exact) mass is 258 g/mol. The number of rotatable bonds is 5. The predicted octanol–water partition coefficient (Wildman–Crippen LogP) is 2.64. The summed E-state index contributed by atoms with van der Waals surface area (Å²) in [6, 6.07) is 10.2. The van der Waals surface area contributed by atoms with Crippen molar-refractivity contribution in [3.05, 3.63) is 46.9 Å². The van der Waals surface area contributed by atoms with Gasteiger partial charge in [-0.15, -0.1) is 0 Å². The van der Waals surface area contributed by atoms with Gasteiger partial charge < -0.3 is 9.88 Å². The highest BCUT2D eigenvalue weighted by molar-refractivity contribution is 5.81. The average molecular weight is 258 g/mol. The van der Waals surface area contributed by atoms with E-state index < -0.39 is 0 Å². The summed E-state index contributed by atoms with van der Waals surface area (Å²) < 4.78 is 1.81. The molecule has 3 heteroatoms. The van der Waals surface area contributed by atoms with Crippen LogP contribution in [0.15, 0.2) is 41.3 Å². The second-order valence-electron chi connectivity index (χ2n) is 5.53. The van der Waals surface area contributed by atoms with Crippen LogP contribution < -0.4 is 10.9 Å². The molecular weight excluding hydrogens is 236 g/mol. The normalized spacial score (nSPS) is 13.1. The van der Waals surface area contributed by atoms with Crippen molar-refractivity contribution in [1.29, 1.82) is 0 Å². The van der Waals surface area contributed by atoms with Crippen LogP contribution in [0.2, 0.25) is 0 Å². The summed E-state index contributed by atoms with van der Waals surface area (Å²) in [5, 5.41) is 5.22. The number of aromatic nitrogens is 1. The fourth-order valence-electron chi connectivity index (χ4n) is 2.21. The van der Waals surface area contributed by atoms with E-state index in [9.17, 15) is 4.79 Å². The van der Waals surface area contributed by atoms with Crippen molar-refractivity contribution in [1.82, 2.24) is 9.88 Å². The molecule has 0 radical (unpaired) electrons. The summed E-state index contributed by atoms with van der Waals surface area (Å²) in [6.45, 7) is 8.11. The summed E-state index contributed by atoms with van der Waals surface area (Å²) in [7, 11) is 0. The molecule has 1 aromatic carbocycles. The minimum Gasteiger partial charge on any atom is -0.315 e. The van der Waals surface area contributed by atoms with Crippen LogP contribution in [-0.4, -0.2) is 17.2 Å². The zero-order valence-electron chi connectivity index (χ0n) is 11.9. The number of nitrogens with one attached hydrogen (secondary N) is 1. The number of nitrogens with zero attached hydrogens (tertiary/aromatic N) is 1. The summed E-state index contributed by atoms with van der Waals surface area (Å²) in [6.07, 6.45) is 1.90. The molecule has 0 fully saturated rings. The van der Waals surface area contributed by atoms with Crippen LogP contribution in [0.5, 0.6) is 0 Å². The van der Waals surface area contributed by atoms with E-state index in [1.807, 2.05) is 41.1 Å². The molecule has 3 nitrogen and oxygen atoms in total. The summed E-state index contributed by atoms with van der Waals surface area (Å²) in [5.41, 5.74) is 0.106. The molecule has 0 amide bonds. The molecule has 19 heavy (non-hydrogen) atoms. The Balaban J connectivity index is 2.17. The minimum atomic E-state index is 0.106. The predicted molar refractivity (Wildman–Crippen MR) is 80.5 cm³/mol. The zero-order chi connectivity index (χ0) is 13.8. The number of benzene rings is 1. The molecule has 0 saturated carbocycles. The Labute approximate surface area is 114 Å². The van der Waals surface area contributed by atoms with Gasteiger partial charge in [0.15, 0.2) is 0 Å². The second-order valence-corrected chi connectivity index (χ2v) is 5.53. The Kier molecular flexibility index (Phi) is 4.38. The van der Waals surface area contributed by atoms with Crippen LogP contribution in [0.3, 0.4) is 0 Å². The fourth-order valence-corrected chi connectivity index (χ4v) is 2.21. The first-order valence-corrected chi connectivity index (χ1v) is 6.89. The van der Waals surface area contributed by atoms with Gasteiger partial charge in [0.1, 0.15) is 0 Å². The van der Waals surface area contributed by atoms with E-state index in [0.717, 1.165) is 23.9 Å². The molecule has 1 heterocycles. The second kappa shape index (κ2) is 6.02. The topological polar surface area (TPSA) is 34.0 Å². The third-order valence-corrected chi connectivity index (χ3v) is 3.27. The minimum absolute atomic E-state index is 0.106. The quantitative estimate of drug-likeness (QED) is 0.894. The van der Waals surface area contributed by atoms with Gasteiger partial charge in [0.05, 0.1) is 0 Å². The molecule has 1 atom stereocenters. The van der Waals surface area contributed by atoms with E-state index in [1.54, 1.807) is 0 Å². The van der Waals surface area contributed by atoms with E-state index in [4.69, 9.17) is 0 Å². The first kappa shape index (κ1) is 13.8. The third-order valence-electron chi connectivity index (χ3n) is 3.27. The number of hydrogen-bond acceptors (Lipinski definition) is 2. The van der Waals surface area contributed by atoms with Gasteiger partial charge in [0, 0.05) is 24.2 Å². The molecule has 102 valence electrons. The largest absolute Gasteiger partial charge is 0.315 e. The summed E-state index contributed by atoms with van der Waals surface area (Å²) >= 11 is 0. The zero-order valence-corrected chi connectivity index (χ0v) is 11.9. The van der Waals surface area contributed by atoms with Crippen molar-refractivity contribution < 1.29 is 0 Å². The first-order chi connectivity index (χ1) is 9.08. The maximum Gasteiger partial charge on any atom is 0.258 e. The fraction of sp³-hybridized carbons (Fsp3) is 0.438. The smallest absolute Gasteiger partial charge is 0.258 e. The lowest BCUT2D eigenvalue weighted by molar-refractivity contribution is 0.421. The molecule has 2 aromatic rings. The Bertz CT molecular complexity index is 601. The highest BCUT2D eigenvalue weighted by atomic mass is 16.1. The lowest BCUT2D eigenvalue weighted by atomic mass is 10.1. The standard InChI is InChI=1S/C16H22N2O/c1-12(2)17-10-13(3)11-18-9-8-14-6-4-5-7-15(14)16(18)19/h4-9,12-13,17H,10-11H2,1-3H3. The highest BCUT2D eigenvalue weighted by Crippen LogP contribution is 2.09. The SMILES string of the molecule is CC(CNC(C)C)Cn1ccc2ccccc2c1=O. The number of pyridine rings is 1. The van der Waals surface area contributed by atoms with Crippen molar-refractivity contribution in [2.45, 2.75) is 33.4 Å². The van der Waals surface area contributed by atoms with Crippen molar-refractivity contribution in [2.24, 2.45) is 5.92 Å². The van der Waals surface area contributed by atoms with Gasteiger partial charge in [-0.25, -0.2) is 0 Å². The Morgan fingerprint density at radius 3 is 2.63 bits per heavy atom. The molecule has 0 saturated heterocycles. The van der Waals surface area contributed by atoms with Crippen molar-refractivity contribution in [2.75, 3.05) is 6.54 Å². The number of fused-ring (bicyclic) bond motifs is 1. The van der Waals surface area contributed by atoms with Crippen molar-refractivity contribution in [3.8, 4) is 0 Å². The first-order valence-electron chi connectivity index (χ1n) is 6.89. The Hall–Kier alpha value is -1.61. The molecule has 0 aliphatic rings. The van der Waals surface area contributed by atoms with E-state index >= 15 is 0 Å². The summed E-state index contributed by atoms with van der Waals surface area (Å²) in [4.78, 5) is 12.3.